The van der Waals surface area contributed by atoms with Crippen LogP contribution in [0.25, 0.3) is 10.9 Å². The van der Waals surface area contributed by atoms with Crippen molar-refractivity contribution in [2.24, 2.45) is 0 Å². The number of hydrogen-bond acceptors (Lipinski definition) is 5. The van der Waals surface area contributed by atoms with Gasteiger partial charge in [-0.3, -0.25) is 0 Å². The molecule has 1 aliphatic rings. The van der Waals surface area contributed by atoms with Crippen molar-refractivity contribution in [3.05, 3.63) is 35.6 Å². The molecule has 0 radical (unpaired) electrons. The Morgan fingerprint density at radius 3 is 3.00 bits per heavy atom. The molecule has 1 N–H and O–H groups in total. The Bertz CT molecular complexity index is 979. The van der Waals surface area contributed by atoms with E-state index in [1.807, 2.05) is 18.2 Å². The molecule has 0 amide bonds. The van der Waals surface area contributed by atoms with Gasteiger partial charge in [0.1, 0.15) is 0 Å². The summed E-state index contributed by atoms with van der Waals surface area (Å²) in [6.07, 6.45) is 1.59. The summed E-state index contributed by atoms with van der Waals surface area (Å²) in [5.41, 5.74) is 0.665. The molecule has 22 heavy (non-hydrogen) atoms. The van der Waals surface area contributed by atoms with E-state index in [1.165, 1.54) is 16.6 Å². The van der Waals surface area contributed by atoms with Crippen LogP contribution in [0.15, 0.2) is 40.6 Å². The van der Waals surface area contributed by atoms with E-state index >= 15 is 0 Å². The maximum Gasteiger partial charge on any atom is 0.295 e. The van der Waals surface area contributed by atoms with E-state index in [1.54, 1.807) is 16.8 Å². The number of nitrogens with zero attached hydrogens (tertiary/aromatic N) is 4. The zero-order chi connectivity index (χ0) is 15.3. The summed E-state index contributed by atoms with van der Waals surface area (Å²) in [6.45, 7) is 0.565. The SMILES string of the molecule is O=S(=O)(Nn1ncc2ccccc21)c1c(Cl)nc2n1CCS2. The van der Waals surface area contributed by atoms with Crippen LogP contribution in [0.2, 0.25) is 5.15 Å². The highest BCUT2D eigenvalue weighted by Crippen LogP contribution is 2.33. The molecule has 0 saturated carbocycles. The molecule has 3 aromatic rings. The molecule has 0 unspecified atom stereocenters. The predicted octanol–water partition coefficient (Wildman–Crippen LogP) is 1.92. The van der Waals surface area contributed by atoms with E-state index in [4.69, 9.17) is 11.6 Å². The molecule has 1 aliphatic heterocycles. The Labute approximate surface area is 135 Å². The van der Waals surface area contributed by atoms with Crippen LogP contribution in [0.5, 0.6) is 0 Å². The lowest BCUT2D eigenvalue weighted by Gasteiger charge is -2.10. The Kier molecular flexibility index (Phi) is 3.10. The van der Waals surface area contributed by atoms with E-state index in [0.717, 1.165) is 11.1 Å². The summed E-state index contributed by atoms with van der Waals surface area (Å²) in [5.74, 6) is 0.784. The number of rotatable bonds is 3. The summed E-state index contributed by atoms with van der Waals surface area (Å²) in [6, 6.07) is 7.31. The van der Waals surface area contributed by atoms with Gasteiger partial charge in [0.2, 0.25) is 0 Å². The quantitative estimate of drug-likeness (QED) is 0.776. The van der Waals surface area contributed by atoms with Crippen molar-refractivity contribution in [3.63, 3.8) is 0 Å². The fourth-order valence-corrected chi connectivity index (χ4v) is 5.12. The van der Waals surface area contributed by atoms with E-state index in [2.05, 4.69) is 14.9 Å². The number of benzene rings is 1. The third-order valence-electron chi connectivity index (χ3n) is 3.33. The first-order chi connectivity index (χ1) is 10.6. The zero-order valence-electron chi connectivity index (χ0n) is 11.1. The second-order valence-electron chi connectivity index (χ2n) is 4.70. The highest BCUT2D eigenvalue weighted by molar-refractivity contribution is 7.99. The number of fused-ring (bicyclic) bond motifs is 2. The minimum absolute atomic E-state index is 0.0197. The molecule has 0 bridgehead atoms. The summed E-state index contributed by atoms with van der Waals surface area (Å²) < 4.78 is 26.9. The second kappa shape index (κ2) is 4.90. The topological polar surface area (TPSA) is 81.8 Å². The number of nitrogens with one attached hydrogen (secondary N) is 1. The molecule has 10 heteroatoms. The molecule has 4 rings (SSSR count). The number of hydrogen-bond donors (Lipinski definition) is 1. The molecule has 0 saturated heterocycles. The number of halogens is 1. The van der Waals surface area contributed by atoms with Crippen molar-refractivity contribution < 1.29 is 8.42 Å². The lowest BCUT2D eigenvalue weighted by molar-refractivity contribution is 0.570. The largest absolute Gasteiger partial charge is 0.306 e. The molecule has 114 valence electrons. The smallest absolute Gasteiger partial charge is 0.295 e. The maximum atomic E-state index is 12.7. The normalized spacial score (nSPS) is 14.4. The number of thioether (sulfide) groups is 1. The first-order valence-corrected chi connectivity index (χ1v) is 9.25. The van der Waals surface area contributed by atoms with Gasteiger partial charge < -0.3 is 4.57 Å². The van der Waals surface area contributed by atoms with Crippen LogP contribution in [0.1, 0.15) is 0 Å². The molecule has 0 spiro atoms. The molecule has 7 nitrogen and oxygen atoms in total. The average Bonchev–Trinajstić information content (AvgIpc) is 3.13. The monoisotopic (exact) mass is 355 g/mol. The van der Waals surface area contributed by atoms with Gasteiger partial charge >= 0.3 is 0 Å². The Hall–Kier alpha value is -1.71. The van der Waals surface area contributed by atoms with Crippen molar-refractivity contribution in [1.29, 1.82) is 0 Å². The average molecular weight is 356 g/mol. The van der Waals surface area contributed by atoms with E-state index in [-0.39, 0.29) is 10.2 Å². The number of para-hydroxylation sites is 1. The van der Waals surface area contributed by atoms with Gasteiger partial charge in [-0.25, -0.2) is 4.98 Å². The molecule has 0 atom stereocenters. The Morgan fingerprint density at radius 2 is 2.14 bits per heavy atom. The van der Waals surface area contributed by atoms with E-state index in [9.17, 15) is 8.42 Å². The van der Waals surface area contributed by atoms with Gasteiger partial charge in [-0.05, 0) is 6.07 Å². The van der Waals surface area contributed by atoms with Gasteiger partial charge in [0.05, 0.1) is 11.7 Å². The minimum atomic E-state index is -3.88. The number of aromatic nitrogens is 4. The van der Waals surface area contributed by atoms with Crippen LogP contribution in [0.3, 0.4) is 0 Å². The lowest BCUT2D eigenvalue weighted by atomic mass is 10.3. The standard InChI is InChI=1S/C12H10ClN5O2S2/c13-10-11(17-5-6-21-12(17)15-10)22(19,20)16-18-9-4-2-1-3-8(9)7-14-18/h1-4,7,16H,5-6H2. The minimum Gasteiger partial charge on any atom is -0.306 e. The second-order valence-corrected chi connectivity index (χ2v) is 7.70. The molecule has 0 aliphatic carbocycles. The van der Waals surface area contributed by atoms with Gasteiger partial charge in [0, 0.05) is 17.7 Å². The summed E-state index contributed by atoms with van der Waals surface area (Å²) in [7, 11) is -3.88. The Balaban J connectivity index is 1.79. The van der Waals surface area contributed by atoms with Crippen molar-refractivity contribution in [2.75, 3.05) is 10.6 Å². The van der Waals surface area contributed by atoms with Gasteiger partial charge in [0.15, 0.2) is 15.3 Å². The van der Waals surface area contributed by atoms with Gasteiger partial charge in [-0.15, -0.1) is 0 Å². The zero-order valence-corrected chi connectivity index (χ0v) is 13.5. The van der Waals surface area contributed by atoms with Crippen LogP contribution in [-0.4, -0.2) is 33.6 Å². The number of sulfonamides is 1. The third-order valence-corrected chi connectivity index (χ3v) is 6.00. The van der Waals surface area contributed by atoms with Crippen molar-refractivity contribution in [1.82, 2.24) is 19.4 Å². The first kappa shape index (κ1) is 13.9. The maximum absolute atomic E-state index is 12.7. The number of imidazole rings is 1. The lowest BCUT2D eigenvalue weighted by Crippen LogP contribution is -2.26. The van der Waals surface area contributed by atoms with Crippen LogP contribution >= 0.6 is 23.4 Å². The predicted molar refractivity (Wildman–Crippen MR) is 84.2 cm³/mol. The van der Waals surface area contributed by atoms with Crippen molar-refractivity contribution in [3.8, 4) is 0 Å². The molecular formula is C12H10ClN5O2S2. The third kappa shape index (κ3) is 2.08. The molecule has 1 aromatic carbocycles. The van der Waals surface area contributed by atoms with Crippen LogP contribution in [0, 0.1) is 0 Å². The van der Waals surface area contributed by atoms with Crippen molar-refractivity contribution >= 4 is 44.3 Å². The van der Waals surface area contributed by atoms with E-state index < -0.39 is 10.0 Å². The highest BCUT2D eigenvalue weighted by atomic mass is 35.5. The summed E-state index contributed by atoms with van der Waals surface area (Å²) in [5, 5.41) is 5.48. The summed E-state index contributed by atoms with van der Waals surface area (Å²) in [4.78, 5) is 7.75. The summed E-state index contributed by atoms with van der Waals surface area (Å²) >= 11 is 7.49. The van der Waals surface area contributed by atoms with Gasteiger partial charge in [0.25, 0.3) is 10.0 Å². The Morgan fingerprint density at radius 1 is 1.32 bits per heavy atom. The van der Waals surface area contributed by atoms with Crippen molar-refractivity contribution in [2.45, 2.75) is 16.7 Å². The molecular weight excluding hydrogens is 346 g/mol. The van der Waals surface area contributed by atoms with Crippen LogP contribution in [-0.2, 0) is 16.6 Å². The van der Waals surface area contributed by atoms with Gasteiger partial charge in [-0.1, -0.05) is 41.6 Å². The van der Waals surface area contributed by atoms with Crippen LogP contribution < -0.4 is 4.83 Å². The fourth-order valence-electron chi connectivity index (χ4n) is 2.38. The fraction of sp³-hybridized carbons (Fsp3) is 0.167. The molecule has 3 heterocycles. The van der Waals surface area contributed by atoms with Gasteiger partial charge in [-0.2, -0.15) is 23.1 Å². The molecule has 2 aromatic heterocycles. The van der Waals surface area contributed by atoms with E-state index in [0.29, 0.717) is 17.2 Å². The first-order valence-electron chi connectivity index (χ1n) is 6.41. The van der Waals surface area contributed by atoms with Crippen LogP contribution in [0.4, 0.5) is 0 Å². The molecule has 0 fully saturated rings. The highest BCUT2D eigenvalue weighted by Gasteiger charge is 2.30.